The van der Waals surface area contributed by atoms with Gasteiger partial charge in [-0.1, -0.05) is 45.0 Å². The van der Waals surface area contributed by atoms with Gasteiger partial charge in [-0.25, -0.2) is 0 Å². The fourth-order valence-corrected chi connectivity index (χ4v) is 2.91. The lowest BCUT2D eigenvalue weighted by atomic mass is 10.3. The third-order valence-electron chi connectivity index (χ3n) is 2.47. The van der Waals surface area contributed by atoms with Gasteiger partial charge in [0.1, 0.15) is 11.5 Å². The van der Waals surface area contributed by atoms with E-state index in [-0.39, 0.29) is 0 Å². The van der Waals surface area contributed by atoms with E-state index >= 15 is 0 Å². The van der Waals surface area contributed by atoms with Gasteiger partial charge in [0, 0.05) is 0 Å². The molecule has 17 heavy (non-hydrogen) atoms. The lowest BCUT2D eigenvalue weighted by Crippen LogP contribution is -2.09. The summed E-state index contributed by atoms with van der Waals surface area (Å²) < 4.78 is 10.8. The predicted octanol–water partition coefficient (Wildman–Crippen LogP) is 2.33. The van der Waals surface area contributed by atoms with Crippen LogP contribution in [-0.4, -0.2) is 14.2 Å². The van der Waals surface area contributed by atoms with Gasteiger partial charge in [-0.15, -0.1) is 0 Å². The zero-order valence-electron chi connectivity index (χ0n) is 9.94. The van der Waals surface area contributed by atoms with Crippen molar-refractivity contribution in [3.8, 4) is 11.5 Å². The second kappa shape index (κ2) is 5.70. The smallest absolute Gasteiger partial charge is 0.130 e. The number of benzene rings is 2. The molecule has 2 rings (SSSR count). The Morgan fingerprint density at radius 3 is 1.88 bits per heavy atom. The van der Waals surface area contributed by atoms with E-state index < -0.39 is 0 Å². The van der Waals surface area contributed by atoms with Crippen LogP contribution in [0.1, 0.15) is 0 Å². The maximum Gasteiger partial charge on any atom is 0.130 e. The maximum atomic E-state index is 5.39. The van der Waals surface area contributed by atoms with E-state index in [1.165, 1.54) is 5.30 Å². The molecule has 1 unspecified atom stereocenters. The molecule has 0 saturated heterocycles. The Bertz CT molecular complexity index is 461. The predicted molar refractivity (Wildman–Crippen MR) is 73.6 cm³/mol. The SMILES string of the molecule is COc1cccc(OC)c1Pc1ccccc1. The van der Waals surface area contributed by atoms with Crippen molar-refractivity contribution in [2.45, 2.75) is 0 Å². The van der Waals surface area contributed by atoms with E-state index in [4.69, 9.17) is 9.47 Å². The van der Waals surface area contributed by atoms with E-state index in [0.717, 1.165) is 16.8 Å². The Morgan fingerprint density at radius 2 is 1.35 bits per heavy atom. The van der Waals surface area contributed by atoms with Crippen LogP contribution in [0, 0.1) is 0 Å². The summed E-state index contributed by atoms with van der Waals surface area (Å²) in [6.07, 6.45) is 0. The van der Waals surface area contributed by atoms with Crippen molar-refractivity contribution in [2.75, 3.05) is 14.2 Å². The van der Waals surface area contributed by atoms with Gasteiger partial charge in [-0.3, -0.25) is 0 Å². The van der Waals surface area contributed by atoms with E-state index in [0.29, 0.717) is 8.58 Å². The first-order valence-corrected chi connectivity index (χ1v) is 6.38. The van der Waals surface area contributed by atoms with Crippen LogP contribution in [0.2, 0.25) is 0 Å². The van der Waals surface area contributed by atoms with Crippen molar-refractivity contribution in [3.63, 3.8) is 0 Å². The molecule has 2 nitrogen and oxygen atoms in total. The lowest BCUT2D eigenvalue weighted by molar-refractivity contribution is 0.401. The van der Waals surface area contributed by atoms with Crippen LogP contribution in [0.4, 0.5) is 0 Å². The summed E-state index contributed by atoms with van der Waals surface area (Å²) in [5.41, 5.74) is 0. The van der Waals surface area contributed by atoms with Crippen molar-refractivity contribution in [3.05, 3.63) is 48.5 Å². The van der Waals surface area contributed by atoms with Crippen LogP contribution < -0.4 is 20.1 Å². The van der Waals surface area contributed by atoms with Gasteiger partial charge in [0.15, 0.2) is 0 Å². The molecule has 88 valence electrons. The highest BCUT2D eigenvalue weighted by atomic mass is 31.1. The van der Waals surface area contributed by atoms with Crippen molar-refractivity contribution in [2.24, 2.45) is 0 Å². The van der Waals surface area contributed by atoms with Gasteiger partial charge in [0.25, 0.3) is 0 Å². The monoisotopic (exact) mass is 246 g/mol. The summed E-state index contributed by atoms with van der Waals surface area (Å²) in [5.74, 6) is 1.76. The molecule has 0 fully saturated rings. The standard InChI is InChI=1S/C14H15O2P/c1-15-12-9-6-10-13(16-2)14(12)17-11-7-4-3-5-8-11/h3-10,17H,1-2H3. The zero-order chi connectivity index (χ0) is 12.1. The third-order valence-corrected chi connectivity index (χ3v) is 3.84. The van der Waals surface area contributed by atoms with Crippen LogP contribution in [0.5, 0.6) is 11.5 Å². The molecule has 0 aliphatic heterocycles. The number of methoxy groups -OCH3 is 2. The lowest BCUT2D eigenvalue weighted by Gasteiger charge is -2.12. The van der Waals surface area contributed by atoms with Crippen molar-refractivity contribution in [1.82, 2.24) is 0 Å². The van der Waals surface area contributed by atoms with Gasteiger partial charge in [-0.2, -0.15) is 0 Å². The minimum Gasteiger partial charge on any atom is -0.496 e. The molecular formula is C14H15O2P. The molecule has 0 spiro atoms. The average Bonchev–Trinajstić information content (AvgIpc) is 2.40. The molecule has 0 radical (unpaired) electrons. The van der Waals surface area contributed by atoms with E-state index in [9.17, 15) is 0 Å². The Balaban J connectivity index is 2.37. The van der Waals surface area contributed by atoms with E-state index in [2.05, 4.69) is 12.1 Å². The summed E-state index contributed by atoms with van der Waals surface area (Å²) in [7, 11) is 3.91. The average molecular weight is 246 g/mol. The first-order chi connectivity index (χ1) is 8.35. The molecule has 3 heteroatoms. The van der Waals surface area contributed by atoms with Crippen LogP contribution in [0.3, 0.4) is 0 Å². The molecule has 0 saturated carbocycles. The van der Waals surface area contributed by atoms with Crippen LogP contribution in [0.25, 0.3) is 0 Å². The molecule has 2 aromatic rings. The Hall–Kier alpha value is -1.53. The number of hydrogen-bond donors (Lipinski definition) is 0. The molecule has 0 aromatic heterocycles. The Morgan fingerprint density at radius 1 is 0.765 bits per heavy atom. The zero-order valence-corrected chi connectivity index (χ0v) is 10.9. The molecule has 0 amide bonds. The molecular weight excluding hydrogens is 231 g/mol. The van der Waals surface area contributed by atoms with Crippen LogP contribution in [0.15, 0.2) is 48.5 Å². The summed E-state index contributed by atoms with van der Waals surface area (Å²) in [6, 6.07) is 16.2. The molecule has 0 heterocycles. The highest BCUT2D eigenvalue weighted by Gasteiger charge is 2.09. The van der Waals surface area contributed by atoms with Crippen molar-refractivity contribution in [1.29, 1.82) is 0 Å². The van der Waals surface area contributed by atoms with Gasteiger partial charge < -0.3 is 9.47 Å². The van der Waals surface area contributed by atoms with Crippen LogP contribution in [-0.2, 0) is 0 Å². The second-order valence-electron chi connectivity index (χ2n) is 3.53. The quantitative estimate of drug-likeness (QED) is 0.771. The summed E-state index contributed by atoms with van der Waals surface area (Å²) in [6.45, 7) is 0. The topological polar surface area (TPSA) is 18.5 Å². The molecule has 1 atom stereocenters. The summed E-state index contributed by atoms with van der Waals surface area (Å²) >= 11 is 0. The summed E-state index contributed by atoms with van der Waals surface area (Å²) in [5, 5.41) is 2.39. The van der Waals surface area contributed by atoms with Gasteiger partial charge in [0.2, 0.25) is 0 Å². The van der Waals surface area contributed by atoms with E-state index in [1.54, 1.807) is 14.2 Å². The second-order valence-corrected chi connectivity index (χ2v) is 4.86. The number of hydrogen-bond acceptors (Lipinski definition) is 2. The largest absolute Gasteiger partial charge is 0.496 e. The van der Waals surface area contributed by atoms with E-state index in [1.807, 2.05) is 36.4 Å². The highest BCUT2D eigenvalue weighted by Crippen LogP contribution is 2.26. The first kappa shape index (κ1) is 11.9. The summed E-state index contributed by atoms with van der Waals surface area (Å²) in [4.78, 5) is 0. The molecule has 0 bridgehead atoms. The van der Waals surface area contributed by atoms with Crippen molar-refractivity contribution >= 4 is 19.2 Å². The van der Waals surface area contributed by atoms with Gasteiger partial charge >= 0.3 is 0 Å². The Labute approximate surface area is 103 Å². The molecule has 2 aromatic carbocycles. The number of rotatable bonds is 4. The van der Waals surface area contributed by atoms with Crippen molar-refractivity contribution < 1.29 is 9.47 Å². The normalized spacial score (nSPS) is 10.7. The minimum absolute atomic E-state index is 0.538. The van der Waals surface area contributed by atoms with Gasteiger partial charge in [-0.05, 0) is 17.4 Å². The fourth-order valence-electron chi connectivity index (χ4n) is 1.64. The number of ether oxygens (including phenoxy) is 2. The minimum atomic E-state index is 0.538. The first-order valence-electron chi connectivity index (χ1n) is 5.38. The van der Waals surface area contributed by atoms with Gasteiger partial charge in [0.05, 0.1) is 19.5 Å². The highest BCUT2D eigenvalue weighted by molar-refractivity contribution is 7.56. The molecule has 0 aliphatic rings. The Kier molecular flexibility index (Phi) is 4.00. The molecule has 0 aliphatic carbocycles. The maximum absolute atomic E-state index is 5.39. The molecule has 0 N–H and O–H groups in total. The fraction of sp³-hybridized carbons (Fsp3) is 0.143. The van der Waals surface area contributed by atoms with Crippen LogP contribution >= 0.6 is 8.58 Å². The third kappa shape index (κ3) is 2.78.